The van der Waals surface area contributed by atoms with Crippen molar-refractivity contribution >= 4 is 28.2 Å². The van der Waals surface area contributed by atoms with Crippen LogP contribution in [0.3, 0.4) is 0 Å². The zero-order valence-electron chi connectivity index (χ0n) is 28.8. The molecular weight excluding hydrogens is 617 g/mol. The Hall–Kier alpha value is -4.47. The fourth-order valence-electron chi connectivity index (χ4n) is 7.18. The summed E-state index contributed by atoms with van der Waals surface area (Å²) in [5.74, 6) is 1.01. The zero-order chi connectivity index (χ0) is 34.5. The second-order valence-corrected chi connectivity index (χ2v) is 13.7. The van der Waals surface area contributed by atoms with Crippen molar-refractivity contribution in [2.75, 3.05) is 26.3 Å². The number of carbonyl (C=O) groups is 1. The van der Waals surface area contributed by atoms with Crippen molar-refractivity contribution in [2.24, 2.45) is 22.4 Å². The highest BCUT2D eigenvalue weighted by molar-refractivity contribution is 6.27. The number of para-hydroxylation sites is 1. The number of hydrogen-bond donors (Lipinski definition) is 3. The van der Waals surface area contributed by atoms with Gasteiger partial charge in [-0.15, -0.1) is 0 Å². The minimum Gasteiger partial charge on any atom is -0.454 e. The number of hydrogen-bond acceptors (Lipinski definition) is 6. The standard InChI is InChI=1S/C40H48FN5O3/c1-25(2)46-16-12-27(13-17-46)8-9-29-21-30-22-36(45-35(30)23-32(29)28-14-18-48-19-15-28)39(47)33(24-42)40(43)44-31-10-11-37(26(3)20-31)49-38-7-5-4-6-34(38)41/h4-7,10-11,20-25,27-28,45H,8-9,12-19,42H2,1-3H3,(H2,43,44). The topological polar surface area (TPSA) is 119 Å². The Bertz CT molecular complexity index is 1850. The van der Waals surface area contributed by atoms with Gasteiger partial charge in [0.25, 0.3) is 0 Å². The number of carbonyl (C=O) groups excluding carboxylic acids is 1. The number of H-pyrrole nitrogens is 1. The second kappa shape index (κ2) is 15.4. The van der Waals surface area contributed by atoms with Gasteiger partial charge in [0.1, 0.15) is 11.6 Å². The number of piperidine rings is 1. The lowest BCUT2D eigenvalue weighted by Gasteiger charge is -2.34. The lowest BCUT2D eigenvalue weighted by Crippen LogP contribution is -2.38. The molecule has 5 N–H and O–H groups in total. The van der Waals surface area contributed by atoms with Gasteiger partial charge in [0.05, 0.1) is 17.0 Å². The highest BCUT2D eigenvalue weighted by Gasteiger charge is 2.25. The van der Waals surface area contributed by atoms with Crippen LogP contribution in [0.2, 0.25) is 0 Å². The molecule has 6 rings (SSSR count). The number of ketones is 1. The Kier molecular flexibility index (Phi) is 10.8. The van der Waals surface area contributed by atoms with E-state index in [0.717, 1.165) is 54.9 Å². The van der Waals surface area contributed by atoms with Crippen molar-refractivity contribution < 1.29 is 18.7 Å². The van der Waals surface area contributed by atoms with E-state index in [1.165, 1.54) is 55.7 Å². The molecular formula is C40H48FN5O3. The summed E-state index contributed by atoms with van der Waals surface area (Å²) >= 11 is 0. The third-order valence-electron chi connectivity index (χ3n) is 10.1. The molecule has 2 saturated heterocycles. The van der Waals surface area contributed by atoms with Crippen LogP contribution in [-0.4, -0.2) is 53.8 Å². The van der Waals surface area contributed by atoms with Gasteiger partial charge in [-0.2, -0.15) is 0 Å². The molecule has 2 aliphatic rings. The van der Waals surface area contributed by atoms with Gasteiger partial charge < -0.3 is 30.8 Å². The number of aromatic nitrogens is 1. The van der Waals surface area contributed by atoms with Gasteiger partial charge in [-0.1, -0.05) is 12.1 Å². The van der Waals surface area contributed by atoms with E-state index in [1.54, 1.807) is 36.4 Å². The predicted octanol–water partition coefficient (Wildman–Crippen LogP) is 8.07. The van der Waals surface area contributed by atoms with E-state index >= 15 is 0 Å². The van der Waals surface area contributed by atoms with Crippen LogP contribution < -0.4 is 16.2 Å². The second-order valence-electron chi connectivity index (χ2n) is 13.7. The monoisotopic (exact) mass is 665 g/mol. The number of likely N-dealkylation sites (tertiary alicyclic amines) is 1. The molecule has 8 nitrogen and oxygen atoms in total. The van der Waals surface area contributed by atoms with Crippen molar-refractivity contribution in [2.45, 2.75) is 71.3 Å². The molecule has 0 radical (unpaired) electrons. The Morgan fingerprint density at radius 2 is 1.82 bits per heavy atom. The summed E-state index contributed by atoms with van der Waals surface area (Å²) in [5.41, 5.74) is 17.8. The average Bonchev–Trinajstić information content (AvgIpc) is 3.53. The Morgan fingerprint density at radius 3 is 2.51 bits per heavy atom. The van der Waals surface area contributed by atoms with E-state index in [9.17, 15) is 9.18 Å². The third kappa shape index (κ3) is 8.06. The number of aromatic amines is 1. The molecule has 0 unspecified atom stereocenters. The smallest absolute Gasteiger partial charge is 0.214 e. The van der Waals surface area contributed by atoms with Crippen LogP contribution in [0.1, 0.15) is 79.0 Å². The molecule has 2 aliphatic heterocycles. The SMILES string of the molecule is Cc1cc(N=C(N)C(=CN)C(=O)c2cc3cc(CCC4CCN(C(C)C)CC4)c(C4CCOCC4)cc3[nH]2)ccc1Oc1ccccc1F. The zero-order valence-corrected chi connectivity index (χ0v) is 28.8. The lowest BCUT2D eigenvalue weighted by molar-refractivity contribution is 0.0851. The maximum Gasteiger partial charge on any atom is 0.214 e. The van der Waals surface area contributed by atoms with Crippen molar-refractivity contribution in [3.63, 3.8) is 0 Å². The number of aliphatic imine (C=N–C) groups is 1. The normalized spacial score (nSPS) is 17.2. The number of nitrogens with two attached hydrogens (primary N) is 2. The minimum atomic E-state index is -0.449. The van der Waals surface area contributed by atoms with Crippen LogP contribution >= 0.6 is 0 Å². The summed E-state index contributed by atoms with van der Waals surface area (Å²) in [6.07, 6.45) is 7.91. The van der Waals surface area contributed by atoms with Gasteiger partial charge >= 0.3 is 0 Å². The molecule has 3 aromatic carbocycles. The highest BCUT2D eigenvalue weighted by atomic mass is 19.1. The van der Waals surface area contributed by atoms with Crippen LogP contribution in [0.4, 0.5) is 10.1 Å². The quantitative estimate of drug-likeness (QED) is 0.0645. The molecule has 9 heteroatoms. The number of Topliss-reactive ketones (excluding diaryl/α,β-unsaturated/α-hetero) is 1. The van der Waals surface area contributed by atoms with Crippen LogP contribution in [0.15, 0.2) is 77.4 Å². The van der Waals surface area contributed by atoms with Crippen LogP contribution in [0, 0.1) is 18.7 Å². The van der Waals surface area contributed by atoms with Crippen LogP contribution in [0.25, 0.3) is 10.9 Å². The van der Waals surface area contributed by atoms with Gasteiger partial charge in [0.2, 0.25) is 5.78 Å². The van der Waals surface area contributed by atoms with E-state index in [2.05, 4.69) is 40.9 Å². The molecule has 3 heterocycles. The number of aryl methyl sites for hydroxylation is 2. The summed E-state index contributed by atoms with van der Waals surface area (Å²) < 4.78 is 25.6. The first-order valence-electron chi connectivity index (χ1n) is 17.5. The molecule has 0 atom stereocenters. The molecule has 2 fully saturated rings. The number of nitrogens with zero attached hydrogens (tertiary/aromatic N) is 2. The summed E-state index contributed by atoms with van der Waals surface area (Å²) in [4.78, 5) is 24.2. The van der Waals surface area contributed by atoms with Gasteiger partial charge in [-0.3, -0.25) is 4.79 Å². The molecule has 49 heavy (non-hydrogen) atoms. The van der Waals surface area contributed by atoms with E-state index in [4.69, 9.17) is 20.9 Å². The molecule has 4 aromatic rings. The largest absolute Gasteiger partial charge is 0.454 e. The summed E-state index contributed by atoms with van der Waals surface area (Å²) in [5, 5.41) is 0.997. The van der Waals surface area contributed by atoms with Crippen LogP contribution in [-0.2, 0) is 11.2 Å². The molecule has 0 bridgehead atoms. The van der Waals surface area contributed by atoms with Gasteiger partial charge in [-0.05, 0) is 149 Å². The van der Waals surface area contributed by atoms with Gasteiger partial charge in [0.15, 0.2) is 11.6 Å². The molecule has 258 valence electrons. The van der Waals surface area contributed by atoms with E-state index < -0.39 is 5.82 Å². The number of nitrogens with one attached hydrogen (secondary N) is 1. The highest BCUT2D eigenvalue weighted by Crippen LogP contribution is 2.35. The van der Waals surface area contributed by atoms with Crippen molar-refractivity contribution in [1.82, 2.24) is 9.88 Å². The van der Waals surface area contributed by atoms with Gasteiger partial charge in [-0.25, -0.2) is 9.38 Å². The van der Waals surface area contributed by atoms with Crippen molar-refractivity contribution in [3.05, 3.63) is 101 Å². The molecule has 1 aromatic heterocycles. The fraction of sp³-hybridized carbons (Fsp3) is 0.400. The first kappa shape index (κ1) is 34.4. The molecule has 0 amide bonds. The number of ether oxygens (including phenoxy) is 2. The predicted molar refractivity (Wildman–Crippen MR) is 194 cm³/mol. The third-order valence-corrected chi connectivity index (χ3v) is 10.1. The number of amidine groups is 1. The van der Waals surface area contributed by atoms with Crippen LogP contribution in [0.5, 0.6) is 11.5 Å². The minimum absolute atomic E-state index is 0.000395. The fourth-order valence-corrected chi connectivity index (χ4v) is 7.18. The average molecular weight is 666 g/mol. The first-order chi connectivity index (χ1) is 23.7. The number of halogens is 1. The van der Waals surface area contributed by atoms with E-state index in [-0.39, 0.29) is 22.9 Å². The summed E-state index contributed by atoms with van der Waals surface area (Å²) in [6, 6.07) is 18.4. The molecule has 0 saturated carbocycles. The van der Waals surface area contributed by atoms with Crippen molar-refractivity contribution in [1.29, 1.82) is 0 Å². The summed E-state index contributed by atoms with van der Waals surface area (Å²) in [7, 11) is 0. The lowest BCUT2D eigenvalue weighted by atomic mass is 9.83. The maximum absolute atomic E-state index is 14.1. The van der Waals surface area contributed by atoms with Gasteiger partial charge in [0, 0.05) is 36.4 Å². The Balaban J connectivity index is 1.21. The summed E-state index contributed by atoms with van der Waals surface area (Å²) in [6.45, 7) is 10.3. The van der Waals surface area contributed by atoms with E-state index in [0.29, 0.717) is 29.1 Å². The Morgan fingerprint density at radius 1 is 1.06 bits per heavy atom. The van der Waals surface area contributed by atoms with E-state index in [1.807, 2.05) is 13.0 Å². The first-order valence-corrected chi connectivity index (χ1v) is 17.5. The maximum atomic E-state index is 14.1. The number of benzene rings is 3. The van der Waals surface area contributed by atoms with Crippen molar-refractivity contribution in [3.8, 4) is 11.5 Å². The molecule has 0 aliphatic carbocycles. The molecule has 0 spiro atoms. The Labute approximate surface area is 288 Å². The number of rotatable bonds is 11. The number of fused-ring (bicyclic) bond motifs is 1.